The minimum Gasteiger partial charge on any atom is -0.358 e. The molecule has 3 aromatic rings. The number of hydrogen-bond acceptors (Lipinski definition) is 5. The number of rotatable bonds is 6. The van der Waals surface area contributed by atoms with Crippen LogP contribution in [0.2, 0.25) is 0 Å². The minimum absolute atomic E-state index is 0.394. The molecule has 0 N–H and O–H groups in total. The Hall–Kier alpha value is -1.89. The fourth-order valence-electron chi connectivity index (χ4n) is 5.15. The molecule has 3 fully saturated rings. The van der Waals surface area contributed by atoms with Crippen molar-refractivity contribution >= 4 is 22.8 Å². The van der Waals surface area contributed by atoms with Crippen molar-refractivity contribution < 1.29 is 0 Å². The van der Waals surface area contributed by atoms with Crippen molar-refractivity contribution in [1.29, 1.82) is 0 Å². The van der Waals surface area contributed by atoms with Gasteiger partial charge in [-0.05, 0) is 55.2 Å². The molecule has 6 rings (SSSR count). The second-order valence-electron chi connectivity index (χ2n) is 9.24. The fraction of sp³-hybridized carbons (Fsp3) is 0.542. The van der Waals surface area contributed by atoms with Gasteiger partial charge < -0.3 is 4.90 Å². The lowest BCUT2D eigenvalue weighted by molar-refractivity contribution is 0.0645. The first-order chi connectivity index (χ1) is 14.8. The summed E-state index contributed by atoms with van der Waals surface area (Å²) in [5, 5.41) is 2.19. The Morgan fingerprint density at radius 2 is 1.90 bits per heavy atom. The van der Waals surface area contributed by atoms with Crippen LogP contribution in [0.5, 0.6) is 0 Å². The van der Waals surface area contributed by atoms with Gasteiger partial charge in [0.1, 0.15) is 11.5 Å². The van der Waals surface area contributed by atoms with Crippen molar-refractivity contribution in [3.63, 3.8) is 0 Å². The van der Waals surface area contributed by atoms with Crippen molar-refractivity contribution in [3.8, 4) is 0 Å². The number of pyridine rings is 1. The summed E-state index contributed by atoms with van der Waals surface area (Å²) in [5.74, 6) is 2.22. The summed E-state index contributed by atoms with van der Waals surface area (Å²) >= 11 is 1.87. The fourth-order valence-corrected chi connectivity index (χ4v) is 5.90. The molecule has 0 unspecified atom stereocenters. The molecule has 3 aromatic heterocycles. The molecule has 1 saturated carbocycles. The lowest BCUT2D eigenvalue weighted by Gasteiger charge is -2.40. The zero-order chi connectivity index (χ0) is 19.9. The normalized spacial score (nSPS) is 23.6. The summed E-state index contributed by atoms with van der Waals surface area (Å²) in [4.78, 5) is 14.5. The largest absolute Gasteiger partial charge is 0.358 e. The lowest BCUT2D eigenvalue weighted by Crippen LogP contribution is -2.48. The number of hydrogen-bond donors (Lipinski definition) is 0. The Morgan fingerprint density at radius 1 is 1.00 bits per heavy atom. The Balaban J connectivity index is 1.30. The van der Waals surface area contributed by atoms with Gasteiger partial charge >= 0.3 is 0 Å². The van der Waals surface area contributed by atoms with Crippen LogP contribution < -0.4 is 4.90 Å². The van der Waals surface area contributed by atoms with Crippen molar-refractivity contribution in [2.75, 3.05) is 44.2 Å². The SMILES string of the molecule is c1csc(CN2CCN(CC3CC3)[C@@H](c3cn4c(N5CCCC5)cccc4n3)C2)c1. The Kier molecular flexibility index (Phi) is 5.02. The van der Waals surface area contributed by atoms with E-state index in [1.807, 2.05) is 11.3 Å². The van der Waals surface area contributed by atoms with E-state index in [0.29, 0.717) is 6.04 Å². The van der Waals surface area contributed by atoms with Gasteiger partial charge in [-0.3, -0.25) is 14.2 Å². The number of thiophene rings is 1. The van der Waals surface area contributed by atoms with E-state index in [1.165, 1.54) is 61.7 Å². The van der Waals surface area contributed by atoms with Crippen LogP contribution in [0.1, 0.15) is 42.3 Å². The Labute approximate surface area is 182 Å². The number of piperazine rings is 1. The van der Waals surface area contributed by atoms with Gasteiger partial charge in [-0.2, -0.15) is 0 Å². The monoisotopic (exact) mass is 421 g/mol. The topological polar surface area (TPSA) is 27.0 Å². The molecule has 0 spiro atoms. The maximum Gasteiger partial charge on any atom is 0.138 e. The molecule has 3 aliphatic rings. The van der Waals surface area contributed by atoms with Gasteiger partial charge in [-0.15, -0.1) is 11.3 Å². The van der Waals surface area contributed by atoms with Crippen LogP contribution in [0, 0.1) is 5.92 Å². The highest BCUT2D eigenvalue weighted by Gasteiger charge is 2.34. The number of aromatic nitrogens is 2. The van der Waals surface area contributed by atoms with Crippen molar-refractivity contribution in [2.45, 2.75) is 38.3 Å². The summed E-state index contributed by atoms with van der Waals surface area (Å²) in [5.41, 5.74) is 2.34. The zero-order valence-corrected chi connectivity index (χ0v) is 18.4. The van der Waals surface area contributed by atoms with E-state index in [9.17, 15) is 0 Å². The van der Waals surface area contributed by atoms with E-state index in [0.717, 1.165) is 37.7 Å². The molecular weight excluding hydrogens is 390 g/mol. The van der Waals surface area contributed by atoms with E-state index in [1.54, 1.807) is 0 Å². The van der Waals surface area contributed by atoms with E-state index >= 15 is 0 Å². The van der Waals surface area contributed by atoms with E-state index in [4.69, 9.17) is 4.98 Å². The van der Waals surface area contributed by atoms with Gasteiger partial charge in [0, 0.05) is 56.9 Å². The molecule has 6 heteroatoms. The van der Waals surface area contributed by atoms with Crippen LogP contribution in [-0.4, -0.2) is 58.5 Å². The maximum atomic E-state index is 5.15. The molecule has 1 aliphatic carbocycles. The molecule has 0 aromatic carbocycles. The highest BCUT2D eigenvalue weighted by atomic mass is 32.1. The molecule has 2 saturated heterocycles. The number of nitrogens with zero attached hydrogens (tertiary/aromatic N) is 5. The molecule has 0 bridgehead atoms. The lowest BCUT2D eigenvalue weighted by atomic mass is 10.1. The van der Waals surface area contributed by atoms with Crippen molar-refractivity contribution in [2.24, 2.45) is 5.92 Å². The van der Waals surface area contributed by atoms with Crippen LogP contribution in [0.4, 0.5) is 5.82 Å². The van der Waals surface area contributed by atoms with Crippen LogP contribution in [0.15, 0.2) is 41.9 Å². The van der Waals surface area contributed by atoms with Crippen LogP contribution in [0.3, 0.4) is 0 Å². The summed E-state index contributed by atoms with van der Waals surface area (Å²) in [7, 11) is 0. The Bertz CT molecular complexity index is 986. The average molecular weight is 422 g/mol. The molecule has 0 amide bonds. The van der Waals surface area contributed by atoms with Crippen LogP contribution in [0.25, 0.3) is 5.65 Å². The third-order valence-electron chi connectivity index (χ3n) is 6.99. The predicted octanol–water partition coefficient (Wildman–Crippen LogP) is 4.26. The first kappa shape index (κ1) is 18.8. The quantitative estimate of drug-likeness (QED) is 0.594. The van der Waals surface area contributed by atoms with Crippen LogP contribution >= 0.6 is 11.3 Å². The summed E-state index contributed by atoms with van der Waals surface area (Å²) in [6, 6.07) is 11.4. The van der Waals surface area contributed by atoms with Crippen LogP contribution in [-0.2, 0) is 6.54 Å². The molecule has 158 valence electrons. The third-order valence-corrected chi connectivity index (χ3v) is 7.85. The molecule has 30 heavy (non-hydrogen) atoms. The number of anilines is 1. The predicted molar refractivity (Wildman–Crippen MR) is 123 cm³/mol. The average Bonchev–Trinajstić information content (AvgIpc) is 3.21. The summed E-state index contributed by atoms with van der Waals surface area (Å²) < 4.78 is 2.34. The van der Waals surface area contributed by atoms with Gasteiger partial charge in [-0.25, -0.2) is 4.98 Å². The number of imidazole rings is 1. The maximum absolute atomic E-state index is 5.15. The second-order valence-corrected chi connectivity index (χ2v) is 10.3. The summed E-state index contributed by atoms with van der Waals surface area (Å²) in [6.45, 7) is 8.03. The van der Waals surface area contributed by atoms with Crippen molar-refractivity contribution in [1.82, 2.24) is 19.2 Å². The van der Waals surface area contributed by atoms with Gasteiger partial charge in [0.2, 0.25) is 0 Å². The molecule has 1 atom stereocenters. The molecule has 0 radical (unpaired) electrons. The van der Waals surface area contributed by atoms with Gasteiger partial charge in [0.25, 0.3) is 0 Å². The zero-order valence-electron chi connectivity index (χ0n) is 17.6. The smallest absolute Gasteiger partial charge is 0.138 e. The highest BCUT2D eigenvalue weighted by molar-refractivity contribution is 7.09. The Morgan fingerprint density at radius 3 is 2.70 bits per heavy atom. The minimum atomic E-state index is 0.394. The van der Waals surface area contributed by atoms with Crippen molar-refractivity contribution in [3.05, 3.63) is 52.5 Å². The molecular formula is C24H31N5S. The molecule has 5 nitrogen and oxygen atoms in total. The van der Waals surface area contributed by atoms with E-state index in [2.05, 4.69) is 61.0 Å². The standard InChI is InChI=1S/C24H31N5S/c1-2-11-27(10-1)24-7-3-6-23-25-21(17-29(23)24)22-18-26(16-20-5-4-14-30-20)12-13-28(22)15-19-8-9-19/h3-7,14,17,19,22H,1-2,8-13,15-16,18H2/t22-/m1/s1. The first-order valence-corrected chi connectivity index (χ1v) is 12.4. The molecule has 2 aliphatic heterocycles. The highest BCUT2D eigenvalue weighted by Crippen LogP contribution is 2.35. The number of fused-ring (bicyclic) bond motifs is 1. The third kappa shape index (κ3) is 3.77. The van der Waals surface area contributed by atoms with Gasteiger partial charge in [0.05, 0.1) is 11.7 Å². The second kappa shape index (κ2) is 7.98. The first-order valence-electron chi connectivity index (χ1n) is 11.6. The summed E-state index contributed by atoms with van der Waals surface area (Å²) in [6.07, 6.45) is 7.75. The van der Waals surface area contributed by atoms with Gasteiger partial charge in [0.15, 0.2) is 0 Å². The van der Waals surface area contributed by atoms with E-state index in [-0.39, 0.29) is 0 Å². The van der Waals surface area contributed by atoms with Gasteiger partial charge in [-0.1, -0.05) is 12.1 Å². The molecule has 5 heterocycles. The van der Waals surface area contributed by atoms with E-state index < -0.39 is 0 Å².